The van der Waals surface area contributed by atoms with Gasteiger partial charge in [-0.15, -0.1) is 0 Å². The molecule has 102 valence electrons. The quantitative estimate of drug-likeness (QED) is 0.905. The number of anilines is 1. The average Bonchev–Trinajstić information content (AvgIpc) is 2.55. The standard InChI is InChI=1S/C15H20N2O2/c1-9(2)8-17-14-10(3)6-5-7-12(14)13(15(17)19)16-11(4)18/h5-7,9,13H,8H2,1-4H3,(H,16,18)/t13-/m1/s1. The predicted molar refractivity (Wildman–Crippen MR) is 74.9 cm³/mol. The zero-order valence-electron chi connectivity index (χ0n) is 11.9. The first-order valence-corrected chi connectivity index (χ1v) is 6.59. The summed E-state index contributed by atoms with van der Waals surface area (Å²) in [4.78, 5) is 25.6. The van der Waals surface area contributed by atoms with Crippen molar-refractivity contribution < 1.29 is 9.59 Å². The fourth-order valence-corrected chi connectivity index (χ4v) is 2.57. The molecule has 19 heavy (non-hydrogen) atoms. The summed E-state index contributed by atoms with van der Waals surface area (Å²) in [6.45, 7) is 8.27. The number of para-hydroxylation sites is 1. The van der Waals surface area contributed by atoms with Gasteiger partial charge in [-0.25, -0.2) is 0 Å². The van der Waals surface area contributed by atoms with E-state index in [9.17, 15) is 9.59 Å². The van der Waals surface area contributed by atoms with Crippen LogP contribution in [0.4, 0.5) is 5.69 Å². The maximum Gasteiger partial charge on any atom is 0.254 e. The number of nitrogens with zero attached hydrogens (tertiary/aromatic N) is 1. The molecule has 2 amide bonds. The van der Waals surface area contributed by atoms with E-state index >= 15 is 0 Å². The minimum Gasteiger partial charge on any atom is -0.341 e. The second kappa shape index (κ2) is 5.03. The summed E-state index contributed by atoms with van der Waals surface area (Å²) in [5.74, 6) is 0.165. The van der Waals surface area contributed by atoms with E-state index in [1.807, 2.05) is 25.1 Å². The number of aryl methyl sites for hydroxylation is 1. The van der Waals surface area contributed by atoms with Crippen molar-refractivity contribution in [3.05, 3.63) is 29.3 Å². The lowest BCUT2D eigenvalue weighted by Crippen LogP contribution is -2.38. The number of hydrogen-bond donors (Lipinski definition) is 1. The van der Waals surface area contributed by atoms with E-state index in [0.29, 0.717) is 12.5 Å². The van der Waals surface area contributed by atoms with Crippen molar-refractivity contribution >= 4 is 17.5 Å². The molecule has 0 bridgehead atoms. The number of rotatable bonds is 3. The molecule has 0 radical (unpaired) electrons. The molecule has 1 heterocycles. The Bertz CT molecular complexity index is 523. The van der Waals surface area contributed by atoms with Crippen LogP contribution < -0.4 is 10.2 Å². The summed E-state index contributed by atoms with van der Waals surface area (Å²) in [5.41, 5.74) is 2.93. The summed E-state index contributed by atoms with van der Waals surface area (Å²) in [7, 11) is 0. The minimum absolute atomic E-state index is 0.0341. The Labute approximate surface area is 113 Å². The van der Waals surface area contributed by atoms with Crippen molar-refractivity contribution in [2.45, 2.75) is 33.7 Å². The van der Waals surface area contributed by atoms with Gasteiger partial charge in [0, 0.05) is 19.0 Å². The number of fused-ring (bicyclic) bond motifs is 1. The molecule has 1 aliphatic rings. The molecule has 0 spiro atoms. The smallest absolute Gasteiger partial charge is 0.254 e. The van der Waals surface area contributed by atoms with Crippen molar-refractivity contribution in [1.29, 1.82) is 0 Å². The average molecular weight is 260 g/mol. The lowest BCUT2D eigenvalue weighted by atomic mass is 10.0. The predicted octanol–water partition coefficient (Wildman–Crippen LogP) is 2.17. The fourth-order valence-electron chi connectivity index (χ4n) is 2.57. The molecule has 1 aliphatic heterocycles. The summed E-state index contributed by atoms with van der Waals surface area (Å²) in [6, 6.07) is 5.30. The van der Waals surface area contributed by atoms with Gasteiger partial charge >= 0.3 is 0 Å². The summed E-state index contributed by atoms with van der Waals surface area (Å²) < 4.78 is 0. The van der Waals surface area contributed by atoms with Crippen molar-refractivity contribution in [2.24, 2.45) is 5.92 Å². The molecule has 0 saturated carbocycles. The summed E-state index contributed by atoms with van der Waals surface area (Å²) >= 11 is 0. The van der Waals surface area contributed by atoms with Gasteiger partial charge in [-0.2, -0.15) is 0 Å². The minimum atomic E-state index is -0.536. The lowest BCUT2D eigenvalue weighted by Gasteiger charge is -2.21. The van der Waals surface area contributed by atoms with Crippen LogP contribution >= 0.6 is 0 Å². The zero-order valence-corrected chi connectivity index (χ0v) is 11.9. The van der Waals surface area contributed by atoms with E-state index in [-0.39, 0.29) is 11.8 Å². The van der Waals surface area contributed by atoms with Gasteiger partial charge in [0.25, 0.3) is 5.91 Å². The van der Waals surface area contributed by atoms with Crippen molar-refractivity contribution in [2.75, 3.05) is 11.4 Å². The first-order chi connectivity index (χ1) is 8.91. The lowest BCUT2D eigenvalue weighted by molar-refractivity contribution is -0.126. The molecular formula is C15H20N2O2. The Morgan fingerprint density at radius 3 is 2.68 bits per heavy atom. The Hall–Kier alpha value is -1.84. The van der Waals surface area contributed by atoms with Gasteiger partial charge in [0.2, 0.25) is 5.91 Å². The number of amides is 2. The molecule has 4 nitrogen and oxygen atoms in total. The first-order valence-electron chi connectivity index (χ1n) is 6.59. The van der Waals surface area contributed by atoms with Crippen LogP contribution in [0.1, 0.15) is 37.9 Å². The highest BCUT2D eigenvalue weighted by atomic mass is 16.2. The van der Waals surface area contributed by atoms with Crippen molar-refractivity contribution in [1.82, 2.24) is 5.32 Å². The van der Waals surface area contributed by atoms with Crippen LogP contribution in [0.15, 0.2) is 18.2 Å². The van der Waals surface area contributed by atoms with E-state index in [0.717, 1.165) is 16.8 Å². The van der Waals surface area contributed by atoms with Gasteiger partial charge in [-0.05, 0) is 18.4 Å². The first kappa shape index (κ1) is 13.6. The third-order valence-electron chi connectivity index (χ3n) is 3.26. The van der Waals surface area contributed by atoms with Gasteiger partial charge in [0.15, 0.2) is 0 Å². The summed E-state index contributed by atoms with van der Waals surface area (Å²) in [5, 5.41) is 2.75. The third kappa shape index (κ3) is 2.48. The van der Waals surface area contributed by atoms with Crippen LogP contribution in [0.2, 0.25) is 0 Å². The topological polar surface area (TPSA) is 49.4 Å². The second-order valence-corrected chi connectivity index (χ2v) is 5.49. The Morgan fingerprint density at radius 2 is 2.11 bits per heavy atom. The molecule has 1 atom stereocenters. The molecule has 0 aliphatic carbocycles. The van der Waals surface area contributed by atoms with E-state index < -0.39 is 6.04 Å². The Morgan fingerprint density at radius 1 is 1.42 bits per heavy atom. The second-order valence-electron chi connectivity index (χ2n) is 5.49. The van der Waals surface area contributed by atoms with Crippen LogP contribution in [-0.4, -0.2) is 18.4 Å². The number of hydrogen-bond acceptors (Lipinski definition) is 2. The molecule has 0 unspecified atom stereocenters. The highest BCUT2D eigenvalue weighted by Gasteiger charge is 2.38. The largest absolute Gasteiger partial charge is 0.341 e. The molecule has 0 saturated heterocycles. The van der Waals surface area contributed by atoms with E-state index in [2.05, 4.69) is 19.2 Å². The number of benzene rings is 1. The van der Waals surface area contributed by atoms with Crippen LogP contribution in [-0.2, 0) is 9.59 Å². The Kier molecular flexibility index (Phi) is 3.60. The monoisotopic (exact) mass is 260 g/mol. The highest BCUT2D eigenvalue weighted by Crippen LogP contribution is 2.38. The highest BCUT2D eigenvalue weighted by molar-refractivity contribution is 6.06. The van der Waals surface area contributed by atoms with Crippen molar-refractivity contribution in [3.63, 3.8) is 0 Å². The maximum atomic E-state index is 12.5. The molecule has 4 heteroatoms. The Balaban J connectivity index is 2.45. The van der Waals surface area contributed by atoms with Crippen LogP contribution in [0.3, 0.4) is 0 Å². The zero-order chi connectivity index (χ0) is 14.2. The van der Waals surface area contributed by atoms with Gasteiger partial charge in [0.1, 0.15) is 6.04 Å². The van der Waals surface area contributed by atoms with Gasteiger partial charge in [0.05, 0.1) is 5.69 Å². The summed E-state index contributed by atoms with van der Waals surface area (Å²) in [6.07, 6.45) is 0. The van der Waals surface area contributed by atoms with Crippen LogP contribution in [0.5, 0.6) is 0 Å². The van der Waals surface area contributed by atoms with Crippen molar-refractivity contribution in [3.8, 4) is 0 Å². The SMILES string of the molecule is CC(=O)N[C@H]1C(=O)N(CC(C)C)c2c(C)cccc21. The molecular weight excluding hydrogens is 240 g/mol. The molecule has 1 aromatic rings. The maximum absolute atomic E-state index is 12.5. The normalized spacial score (nSPS) is 17.8. The fraction of sp³-hybridized carbons (Fsp3) is 0.467. The molecule has 0 fully saturated rings. The third-order valence-corrected chi connectivity index (χ3v) is 3.26. The molecule has 0 aromatic heterocycles. The van der Waals surface area contributed by atoms with E-state index in [1.165, 1.54) is 6.92 Å². The van der Waals surface area contributed by atoms with Gasteiger partial charge < -0.3 is 10.2 Å². The molecule has 1 N–H and O–H groups in total. The number of carbonyl (C=O) groups is 2. The molecule has 1 aromatic carbocycles. The van der Waals surface area contributed by atoms with E-state index in [4.69, 9.17) is 0 Å². The van der Waals surface area contributed by atoms with Gasteiger partial charge in [-0.1, -0.05) is 32.0 Å². The van der Waals surface area contributed by atoms with E-state index in [1.54, 1.807) is 4.90 Å². The van der Waals surface area contributed by atoms with Gasteiger partial charge in [-0.3, -0.25) is 9.59 Å². The number of nitrogens with one attached hydrogen (secondary N) is 1. The van der Waals surface area contributed by atoms with Crippen LogP contribution in [0.25, 0.3) is 0 Å². The van der Waals surface area contributed by atoms with Crippen LogP contribution in [0, 0.1) is 12.8 Å². The molecule has 2 rings (SSSR count). The number of carbonyl (C=O) groups excluding carboxylic acids is 2.